The summed E-state index contributed by atoms with van der Waals surface area (Å²) in [6.45, 7) is 1.21. The van der Waals surface area contributed by atoms with Crippen molar-refractivity contribution in [1.82, 2.24) is 4.90 Å². The summed E-state index contributed by atoms with van der Waals surface area (Å²) in [6, 6.07) is 7.33. The van der Waals surface area contributed by atoms with Gasteiger partial charge in [0, 0.05) is 37.7 Å². The maximum absolute atomic E-state index is 12.4. The highest BCUT2D eigenvalue weighted by Gasteiger charge is 2.39. The van der Waals surface area contributed by atoms with Crippen molar-refractivity contribution in [2.75, 3.05) is 18.0 Å². The van der Waals surface area contributed by atoms with E-state index < -0.39 is 0 Å². The van der Waals surface area contributed by atoms with E-state index in [1.165, 1.54) is 0 Å². The third kappa shape index (κ3) is 3.32. The first-order valence-corrected chi connectivity index (χ1v) is 9.53. The van der Waals surface area contributed by atoms with Crippen LogP contribution >= 0.6 is 0 Å². The maximum atomic E-state index is 12.4. The van der Waals surface area contributed by atoms with Crippen molar-refractivity contribution in [3.8, 4) is 5.75 Å². The van der Waals surface area contributed by atoms with Gasteiger partial charge in [0.05, 0.1) is 5.92 Å². The Balaban J connectivity index is 1.36. The molecule has 3 aliphatic rings. The van der Waals surface area contributed by atoms with Crippen LogP contribution in [-0.2, 0) is 14.4 Å². The fourth-order valence-corrected chi connectivity index (χ4v) is 4.27. The quantitative estimate of drug-likeness (QED) is 0.614. The minimum atomic E-state index is -0.386. The van der Waals surface area contributed by atoms with Gasteiger partial charge in [-0.15, -0.1) is 0 Å². The summed E-state index contributed by atoms with van der Waals surface area (Å²) in [7, 11) is 0. The molecule has 0 radical (unpaired) electrons. The van der Waals surface area contributed by atoms with Crippen LogP contribution in [0.3, 0.4) is 0 Å². The Kier molecular flexibility index (Phi) is 4.66. The van der Waals surface area contributed by atoms with Gasteiger partial charge in [-0.1, -0.05) is 12.8 Å². The van der Waals surface area contributed by atoms with Crippen molar-refractivity contribution in [1.29, 1.82) is 0 Å². The summed E-state index contributed by atoms with van der Waals surface area (Å²) in [5.41, 5.74) is 0.829. The zero-order valence-electron chi connectivity index (χ0n) is 14.9. The molecule has 0 spiro atoms. The number of likely N-dealkylation sites (tertiary alicyclic amines) is 1. The molecular formula is C20H24N2O4. The highest BCUT2D eigenvalue weighted by molar-refractivity contribution is 5.95. The van der Waals surface area contributed by atoms with Crippen molar-refractivity contribution < 1.29 is 19.1 Å². The van der Waals surface area contributed by atoms with E-state index in [9.17, 15) is 14.4 Å². The molecule has 26 heavy (non-hydrogen) atoms. The van der Waals surface area contributed by atoms with Gasteiger partial charge in [-0.25, -0.2) is 0 Å². The van der Waals surface area contributed by atoms with Gasteiger partial charge in [0.25, 0.3) is 0 Å². The van der Waals surface area contributed by atoms with Crippen molar-refractivity contribution >= 4 is 23.5 Å². The molecule has 1 aromatic rings. The Morgan fingerprint density at radius 1 is 1.00 bits per heavy atom. The molecule has 2 heterocycles. The number of benzene rings is 1. The molecular weight excluding hydrogens is 332 g/mol. The van der Waals surface area contributed by atoms with Crippen LogP contribution in [0.5, 0.6) is 5.75 Å². The number of hydrogen-bond acceptors (Lipinski definition) is 4. The number of carbonyl (C=O) groups is 3. The number of amides is 2. The molecule has 0 N–H and O–H groups in total. The first kappa shape index (κ1) is 17.1. The summed E-state index contributed by atoms with van der Waals surface area (Å²) in [4.78, 5) is 40.1. The van der Waals surface area contributed by atoms with Crippen molar-refractivity contribution in [3.05, 3.63) is 24.3 Å². The number of rotatable bonds is 4. The molecule has 0 bridgehead atoms. The molecule has 1 aliphatic carbocycles. The first-order chi connectivity index (χ1) is 12.6. The highest BCUT2D eigenvalue weighted by atomic mass is 16.5. The fourth-order valence-electron chi connectivity index (χ4n) is 4.27. The van der Waals surface area contributed by atoms with E-state index in [2.05, 4.69) is 0 Å². The molecule has 0 aromatic heterocycles. The molecule has 1 atom stereocenters. The van der Waals surface area contributed by atoms with Crippen LogP contribution in [0.2, 0.25) is 0 Å². The largest absolute Gasteiger partial charge is 0.426 e. The summed E-state index contributed by atoms with van der Waals surface area (Å²) in [5.74, 6) is -0.0723. The van der Waals surface area contributed by atoms with Crippen LogP contribution in [0.4, 0.5) is 5.69 Å². The van der Waals surface area contributed by atoms with Crippen LogP contribution in [0.25, 0.3) is 0 Å². The molecule has 1 aromatic carbocycles. The minimum Gasteiger partial charge on any atom is -0.426 e. The minimum absolute atomic E-state index is 0.0711. The number of ether oxygens (including phenoxy) is 1. The Morgan fingerprint density at radius 3 is 2.38 bits per heavy atom. The van der Waals surface area contributed by atoms with Gasteiger partial charge in [-0.2, -0.15) is 0 Å². The van der Waals surface area contributed by atoms with Crippen molar-refractivity contribution in [2.24, 2.45) is 5.92 Å². The number of hydrogen-bond donors (Lipinski definition) is 0. The van der Waals surface area contributed by atoms with Gasteiger partial charge in [0.15, 0.2) is 0 Å². The van der Waals surface area contributed by atoms with Crippen LogP contribution in [0, 0.1) is 5.92 Å². The Bertz CT molecular complexity index is 709. The van der Waals surface area contributed by atoms with Gasteiger partial charge in [-0.3, -0.25) is 14.4 Å². The lowest BCUT2D eigenvalue weighted by Gasteiger charge is -2.23. The Morgan fingerprint density at radius 2 is 1.73 bits per heavy atom. The summed E-state index contributed by atoms with van der Waals surface area (Å²) in [6.07, 6.45) is 6.13. The van der Waals surface area contributed by atoms with Crippen molar-refractivity contribution in [3.63, 3.8) is 0 Å². The molecule has 6 nitrogen and oxygen atoms in total. The summed E-state index contributed by atoms with van der Waals surface area (Å²) >= 11 is 0. The molecule has 1 saturated carbocycles. The molecule has 138 valence electrons. The monoisotopic (exact) mass is 356 g/mol. The molecule has 2 amide bonds. The third-order valence-electron chi connectivity index (χ3n) is 5.70. The second kappa shape index (κ2) is 7.09. The van der Waals surface area contributed by atoms with E-state index in [1.54, 1.807) is 29.2 Å². The van der Waals surface area contributed by atoms with Crippen LogP contribution < -0.4 is 9.64 Å². The molecule has 4 rings (SSSR count). The van der Waals surface area contributed by atoms with Crippen LogP contribution in [-0.4, -0.2) is 41.8 Å². The summed E-state index contributed by atoms with van der Waals surface area (Å²) in [5, 5.41) is 0. The topological polar surface area (TPSA) is 66.9 Å². The SMILES string of the molecule is O=C(Oc1ccc(N2CCCC2=O)cc1)C1CC(=O)N(C2CCCC2)C1. The van der Waals surface area contributed by atoms with Gasteiger partial charge >= 0.3 is 5.97 Å². The molecule has 2 saturated heterocycles. The number of esters is 1. The second-order valence-electron chi connectivity index (χ2n) is 7.45. The average molecular weight is 356 g/mol. The highest BCUT2D eigenvalue weighted by Crippen LogP contribution is 2.30. The molecule has 1 unspecified atom stereocenters. The van der Waals surface area contributed by atoms with Crippen LogP contribution in [0.1, 0.15) is 44.9 Å². The first-order valence-electron chi connectivity index (χ1n) is 9.53. The number of carbonyl (C=O) groups excluding carboxylic acids is 3. The smallest absolute Gasteiger partial charge is 0.316 e. The van der Waals surface area contributed by atoms with E-state index >= 15 is 0 Å². The lowest BCUT2D eigenvalue weighted by atomic mass is 10.1. The maximum Gasteiger partial charge on any atom is 0.316 e. The van der Waals surface area contributed by atoms with Gasteiger partial charge in [-0.05, 0) is 43.5 Å². The zero-order valence-corrected chi connectivity index (χ0v) is 14.9. The van der Waals surface area contributed by atoms with Gasteiger partial charge in [0.1, 0.15) is 5.75 Å². The normalized spacial score (nSPS) is 23.9. The predicted molar refractivity (Wildman–Crippen MR) is 95.7 cm³/mol. The number of nitrogens with zero attached hydrogens (tertiary/aromatic N) is 2. The molecule has 2 aliphatic heterocycles. The van der Waals surface area contributed by atoms with Gasteiger partial charge < -0.3 is 14.5 Å². The standard InChI is InChI=1S/C20H24N2O4/c23-18-6-3-11-21(18)16-7-9-17(10-8-16)26-20(25)14-12-19(24)22(13-14)15-4-1-2-5-15/h7-10,14-15H,1-6,11-13H2. The van der Waals surface area contributed by atoms with E-state index in [1.807, 2.05) is 4.90 Å². The summed E-state index contributed by atoms with van der Waals surface area (Å²) < 4.78 is 5.48. The Hall–Kier alpha value is -2.37. The molecule has 3 fully saturated rings. The van der Waals surface area contributed by atoms with E-state index in [-0.39, 0.29) is 30.1 Å². The van der Waals surface area contributed by atoms with E-state index in [0.717, 1.165) is 44.3 Å². The van der Waals surface area contributed by atoms with Gasteiger partial charge in [0.2, 0.25) is 11.8 Å². The molecule has 6 heteroatoms. The Labute approximate surface area is 153 Å². The zero-order chi connectivity index (χ0) is 18.1. The van der Waals surface area contributed by atoms with Crippen LogP contribution in [0.15, 0.2) is 24.3 Å². The lowest BCUT2D eigenvalue weighted by Crippen LogP contribution is -2.35. The number of anilines is 1. The predicted octanol–water partition coefficient (Wildman–Crippen LogP) is 2.51. The fraction of sp³-hybridized carbons (Fsp3) is 0.550. The average Bonchev–Trinajstić information content (AvgIpc) is 3.36. The van der Waals surface area contributed by atoms with Crippen molar-refractivity contribution in [2.45, 2.75) is 51.0 Å². The lowest BCUT2D eigenvalue weighted by molar-refractivity contribution is -0.139. The van der Waals surface area contributed by atoms with E-state index in [4.69, 9.17) is 4.74 Å². The van der Waals surface area contributed by atoms with E-state index in [0.29, 0.717) is 24.8 Å². The second-order valence-corrected chi connectivity index (χ2v) is 7.45. The third-order valence-corrected chi connectivity index (χ3v) is 5.70.